The maximum Gasteiger partial charge on any atom is 0.251 e. The lowest BCUT2D eigenvalue weighted by molar-refractivity contribution is 0.365. The van der Waals surface area contributed by atoms with Gasteiger partial charge in [0.15, 0.2) is 0 Å². The van der Waals surface area contributed by atoms with E-state index in [-0.39, 0.29) is 12.0 Å². The number of ether oxygens (including phenoxy) is 2. The zero-order valence-electron chi connectivity index (χ0n) is 17.1. The van der Waals surface area contributed by atoms with Gasteiger partial charge in [-0.15, -0.1) is 0 Å². The predicted octanol–water partition coefficient (Wildman–Crippen LogP) is 3.31. The third-order valence-electron chi connectivity index (χ3n) is 5.28. The van der Waals surface area contributed by atoms with Crippen LogP contribution in [0.3, 0.4) is 0 Å². The molecule has 0 radical (unpaired) electrons. The van der Waals surface area contributed by atoms with Crippen LogP contribution in [0.1, 0.15) is 37.2 Å². The molecule has 3 rings (SSSR count). The van der Waals surface area contributed by atoms with Crippen LogP contribution < -0.4 is 15.0 Å². The second kappa shape index (κ2) is 8.31. The Hall–Kier alpha value is -3.40. The molecule has 0 spiro atoms. The van der Waals surface area contributed by atoms with Crippen molar-refractivity contribution in [2.45, 2.75) is 38.5 Å². The zero-order valence-corrected chi connectivity index (χ0v) is 17.1. The Morgan fingerprint density at radius 2 is 1.79 bits per heavy atom. The molecule has 3 aromatic rings. The van der Waals surface area contributed by atoms with E-state index < -0.39 is 5.41 Å². The summed E-state index contributed by atoms with van der Waals surface area (Å²) in [4.78, 5) is 23.9. The average molecular weight is 392 g/mol. The van der Waals surface area contributed by atoms with Gasteiger partial charge in [-0.1, -0.05) is 26.0 Å². The van der Waals surface area contributed by atoms with Gasteiger partial charge in [0.2, 0.25) is 11.8 Å². The molecule has 0 aliphatic rings. The van der Waals surface area contributed by atoms with Gasteiger partial charge in [0, 0.05) is 17.5 Å². The molecule has 0 amide bonds. The van der Waals surface area contributed by atoms with Crippen LogP contribution in [0.2, 0.25) is 0 Å². The van der Waals surface area contributed by atoms with E-state index >= 15 is 0 Å². The highest BCUT2D eigenvalue weighted by Crippen LogP contribution is 2.33. The molecule has 0 fully saturated rings. The summed E-state index contributed by atoms with van der Waals surface area (Å²) in [6.45, 7) is 3.90. The van der Waals surface area contributed by atoms with Crippen LogP contribution in [0.25, 0.3) is 10.9 Å². The average Bonchev–Trinajstić information content (AvgIpc) is 2.76. The Kier molecular flexibility index (Phi) is 5.83. The summed E-state index contributed by atoms with van der Waals surface area (Å²) < 4.78 is 10.4. The van der Waals surface area contributed by atoms with Crippen molar-refractivity contribution in [1.82, 2.24) is 15.0 Å². The van der Waals surface area contributed by atoms with Crippen LogP contribution in [0, 0.1) is 11.3 Å². The van der Waals surface area contributed by atoms with Crippen LogP contribution in [-0.4, -0.2) is 29.2 Å². The minimum Gasteiger partial charge on any atom is -0.481 e. The number of nitriles is 1. The molecule has 7 heteroatoms. The molecule has 0 aliphatic heterocycles. The number of aromatic nitrogens is 3. The molecule has 29 heavy (non-hydrogen) atoms. The van der Waals surface area contributed by atoms with E-state index in [9.17, 15) is 10.1 Å². The summed E-state index contributed by atoms with van der Waals surface area (Å²) in [7, 11) is 3.04. The molecule has 2 aromatic heterocycles. The van der Waals surface area contributed by atoms with Crippen LogP contribution >= 0.6 is 0 Å². The van der Waals surface area contributed by atoms with Crippen molar-refractivity contribution in [3.05, 3.63) is 57.6 Å². The molecule has 0 bridgehead atoms. The molecular weight excluding hydrogens is 368 g/mol. The predicted molar refractivity (Wildman–Crippen MR) is 110 cm³/mol. The number of H-pyrrole nitrogens is 1. The van der Waals surface area contributed by atoms with E-state index in [1.165, 1.54) is 14.2 Å². The third kappa shape index (κ3) is 3.92. The van der Waals surface area contributed by atoms with Gasteiger partial charge in [-0.05, 0) is 35.9 Å². The third-order valence-corrected chi connectivity index (χ3v) is 5.28. The van der Waals surface area contributed by atoms with Crippen molar-refractivity contribution < 1.29 is 9.47 Å². The number of methoxy groups -OCH3 is 2. The van der Waals surface area contributed by atoms with Gasteiger partial charge in [-0.2, -0.15) is 15.2 Å². The molecule has 150 valence electrons. The molecule has 0 saturated carbocycles. The molecule has 0 aliphatic carbocycles. The number of rotatable bonds is 7. The fourth-order valence-electron chi connectivity index (χ4n) is 3.43. The molecule has 1 N–H and O–H groups in total. The highest BCUT2D eigenvalue weighted by molar-refractivity contribution is 5.80. The number of pyridine rings is 1. The van der Waals surface area contributed by atoms with Crippen LogP contribution in [0.15, 0.2) is 35.1 Å². The van der Waals surface area contributed by atoms with E-state index in [0.29, 0.717) is 35.9 Å². The smallest absolute Gasteiger partial charge is 0.251 e. The maximum absolute atomic E-state index is 12.2. The molecule has 1 aromatic carbocycles. The monoisotopic (exact) mass is 392 g/mol. The Balaban J connectivity index is 2.09. The van der Waals surface area contributed by atoms with Gasteiger partial charge >= 0.3 is 0 Å². The highest BCUT2D eigenvalue weighted by atomic mass is 16.5. The lowest BCUT2D eigenvalue weighted by atomic mass is 9.76. The number of aryl methyl sites for hydroxylation is 1. The van der Waals surface area contributed by atoms with Crippen molar-refractivity contribution in [3.63, 3.8) is 0 Å². The van der Waals surface area contributed by atoms with Crippen molar-refractivity contribution in [1.29, 1.82) is 5.26 Å². The summed E-state index contributed by atoms with van der Waals surface area (Å²) in [5.74, 6) is 1.22. The first-order valence-corrected chi connectivity index (χ1v) is 9.52. The molecule has 2 heterocycles. The highest BCUT2D eigenvalue weighted by Gasteiger charge is 2.33. The standard InChI is InChI=1S/C22H24N4O3/c1-5-14-9-15-7-8-16(10-17(15)24-21(14)27)22(6-2,13-23)12-18-25-19(28-3)11-20(26-18)29-4/h7-11H,5-6,12H2,1-4H3,(H,24,27). The number of nitrogens with zero attached hydrogens (tertiary/aromatic N) is 3. The van der Waals surface area contributed by atoms with Crippen molar-refractivity contribution in [2.75, 3.05) is 14.2 Å². The van der Waals surface area contributed by atoms with E-state index in [1.54, 1.807) is 6.07 Å². The lowest BCUT2D eigenvalue weighted by Crippen LogP contribution is -2.27. The number of hydrogen-bond acceptors (Lipinski definition) is 6. The first kappa shape index (κ1) is 20.3. The lowest BCUT2D eigenvalue weighted by Gasteiger charge is -2.25. The topological polar surface area (TPSA) is 101 Å². The zero-order chi connectivity index (χ0) is 21.0. The summed E-state index contributed by atoms with van der Waals surface area (Å²) >= 11 is 0. The molecule has 1 unspecified atom stereocenters. The first-order chi connectivity index (χ1) is 14.0. The fourth-order valence-corrected chi connectivity index (χ4v) is 3.43. The van der Waals surface area contributed by atoms with E-state index in [2.05, 4.69) is 21.0 Å². The summed E-state index contributed by atoms with van der Waals surface area (Å²) in [6.07, 6.45) is 1.50. The number of aromatic amines is 1. The summed E-state index contributed by atoms with van der Waals surface area (Å²) in [5.41, 5.74) is 1.30. The van der Waals surface area contributed by atoms with E-state index in [4.69, 9.17) is 9.47 Å². The second-order valence-electron chi connectivity index (χ2n) is 6.87. The number of hydrogen-bond donors (Lipinski definition) is 1. The first-order valence-electron chi connectivity index (χ1n) is 9.52. The molecule has 1 atom stereocenters. The van der Waals surface area contributed by atoms with Crippen LogP contribution in [-0.2, 0) is 18.3 Å². The van der Waals surface area contributed by atoms with E-state index in [1.807, 2.05) is 38.1 Å². The van der Waals surface area contributed by atoms with Gasteiger partial charge in [-0.25, -0.2) is 0 Å². The number of fused-ring (bicyclic) bond motifs is 1. The van der Waals surface area contributed by atoms with Gasteiger partial charge in [-0.3, -0.25) is 4.79 Å². The normalized spacial score (nSPS) is 12.9. The maximum atomic E-state index is 12.2. The Morgan fingerprint density at radius 1 is 1.10 bits per heavy atom. The van der Waals surface area contributed by atoms with Crippen LogP contribution in [0.4, 0.5) is 0 Å². The van der Waals surface area contributed by atoms with Crippen LogP contribution in [0.5, 0.6) is 11.8 Å². The molecular formula is C22H24N4O3. The van der Waals surface area contributed by atoms with Crippen molar-refractivity contribution in [3.8, 4) is 17.8 Å². The van der Waals surface area contributed by atoms with Crippen molar-refractivity contribution in [2.24, 2.45) is 0 Å². The quantitative estimate of drug-likeness (QED) is 0.662. The fraction of sp³-hybridized carbons (Fsp3) is 0.364. The van der Waals surface area contributed by atoms with Gasteiger partial charge < -0.3 is 14.5 Å². The minimum absolute atomic E-state index is 0.0999. The summed E-state index contributed by atoms with van der Waals surface area (Å²) in [6, 6.07) is 11.7. The molecule has 0 saturated heterocycles. The Bertz CT molecular complexity index is 1110. The number of nitrogens with one attached hydrogen (secondary N) is 1. The largest absolute Gasteiger partial charge is 0.481 e. The SMILES string of the molecule is CCc1cc2ccc(C(C#N)(CC)Cc3nc(OC)cc(OC)n3)cc2[nH]c1=O. The van der Waals surface area contributed by atoms with Gasteiger partial charge in [0.1, 0.15) is 5.82 Å². The van der Waals surface area contributed by atoms with Gasteiger partial charge in [0.05, 0.1) is 31.8 Å². The summed E-state index contributed by atoms with van der Waals surface area (Å²) in [5, 5.41) is 11.1. The van der Waals surface area contributed by atoms with E-state index in [0.717, 1.165) is 16.5 Å². The molecule has 7 nitrogen and oxygen atoms in total. The van der Waals surface area contributed by atoms with Crippen molar-refractivity contribution >= 4 is 10.9 Å². The van der Waals surface area contributed by atoms with Gasteiger partial charge in [0.25, 0.3) is 5.56 Å². The minimum atomic E-state index is -0.855. The Labute approximate surface area is 169 Å². The Morgan fingerprint density at radius 3 is 2.34 bits per heavy atom. The number of benzene rings is 1. The second-order valence-corrected chi connectivity index (χ2v) is 6.87.